The fraction of sp³-hybridized carbons (Fsp3) is 0.222. The number of carbonyl (C=O) groups excluding carboxylic acids is 2. The van der Waals surface area contributed by atoms with Crippen molar-refractivity contribution in [2.45, 2.75) is 17.9 Å². The standard InChI is InChI=1S/C18H18F2N2O5S/c1-11(17(23)22(2)3)27-18(24)12-5-4-6-13(9-12)21-28(25,26)14-7-8-15(19)16(20)10-14/h4-11,21H,1-3H3/t11-/m0/s1. The number of esters is 1. The predicted octanol–water partition coefficient (Wildman–Crippen LogP) is 2.40. The van der Waals surface area contributed by atoms with E-state index >= 15 is 0 Å². The van der Waals surface area contributed by atoms with Crippen LogP contribution in [0.15, 0.2) is 47.4 Å². The van der Waals surface area contributed by atoms with Crippen molar-refractivity contribution in [3.05, 3.63) is 59.7 Å². The van der Waals surface area contributed by atoms with Gasteiger partial charge in [-0.1, -0.05) is 6.07 Å². The highest BCUT2D eigenvalue weighted by Crippen LogP contribution is 2.20. The summed E-state index contributed by atoms with van der Waals surface area (Å²) >= 11 is 0. The maximum atomic E-state index is 13.3. The molecular weight excluding hydrogens is 394 g/mol. The third kappa shape index (κ3) is 5.03. The van der Waals surface area contributed by atoms with Crippen molar-refractivity contribution in [2.24, 2.45) is 0 Å². The molecule has 0 bridgehead atoms. The molecule has 7 nitrogen and oxygen atoms in total. The van der Waals surface area contributed by atoms with E-state index in [-0.39, 0.29) is 11.3 Å². The molecule has 150 valence electrons. The average Bonchev–Trinajstić information content (AvgIpc) is 2.62. The number of likely N-dealkylation sites (N-methyl/N-ethyl adjacent to an activating group) is 1. The van der Waals surface area contributed by atoms with Crippen LogP contribution >= 0.6 is 0 Å². The SMILES string of the molecule is C[C@H](OC(=O)c1cccc(NS(=O)(=O)c2ccc(F)c(F)c2)c1)C(=O)N(C)C. The summed E-state index contributed by atoms with van der Waals surface area (Å²) in [6, 6.07) is 7.50. The number of hydrogen-bond donors (Lipinski definition) is 1. The van der Waals surface area contributed by atoms with Gasteiger partial charge in [0, 0.05) is 19.8 Å². The minimum atomic E-state index is -4.21. The van der Waals surface area contributed by atoms with E-state index in [2.05, 4.69) is 4.72 Å². The Hall–Kier alpha value is -3.01. The smallest absolute Gasteiger partial charge is 0.338 e. The molecule has 28 heavy (non-hydrogen) atoms. The molecule has 1 N–H and O–H groups in total. The van der Waals surface area contributed by atoms with Crippen molar-refractivity contribution in [3.63, 3.8) is 0 Å². The van der Waals surface area contributed by atoms with Crippen molar-refractivity contribution >= 4 is 27.6 Å². The molecule has 2 rings (SSSR count). The molecule has 0 aliphatic heterocycles. The van der Waals surface area contributed by atoms with Crippen molar-refractivity contribution in [1.82, 2.24) is 4.90 Å². The summed E-state index contributed by atoms with van der Waals surface area (Å²) in [4.78, 5) is 24.7. The third-order valence-electron chi connectivity index (χ3n) is 3.62. The highest BCUT2D eigenvalue weighted by Gasteiger charge is 2.21. The van der Waals surface area contributed by atoms with E-state index in [1.54, 1.807) is 0 Å². The highest BCUT2D eigenvalue weighted by atomic mass is 32.2. The van der Waals surface area contributed by atoms with Crippen LogP contribution in [0.4, 0.5) is 14.5 Å². The fourth-order valence-corrected chi connectivity index (χ4v) is 3.27. The molecule has 0 aromatic heterocycles. The fourth-order valence-electron chi connectivity index (χ4n) is 2.21. The third-order valence-corrected chi connectivity index (χ3v) is 5.00. The lowest BCUT2D eigenvalue weighted by molar-refractivity contribution is -0.137. The van der Waals surface area contributed by atoms with Gasteiger partial charge in [0.15, 0.2) is 17.7 Å². The van der Waals surface area contributed by atoms with Crippen LogP contribution < -0.4 is 4.72 Å². The van der Waals surface area contributed by atoms with Gasteiger partial charge in [0.25, 0.3) is 15.9 Å². The highest BCUT2D eigenvalue weighted by molar-refractivity contribution is 7.92. The Kier molecular flexibility index (Phi) is 6.34. The molecule has 0 aliphatic rings. The molecule has 2 aromatic rings. The Labute approximate surface area is 161 Å². The van der Waals surface area contributed by atoms with Crippen molar-refractivity contribution in [1.29, 1.82) is 0 Å². The topological polar surface area (TPSA) is 92.8 Å². The van der Waals surface area contributed by atoms with E-state index in [0.29, 0.717) is 12.1 Å². The quantitative estimate of drug-likeness (QED) is 0.736. The van der Waals surface area contributed by atoms with Gasteiger partial charge in [-0.3, -0.25) is 9.52 Å². The Morgan fingerprint density at radius 2 is 1.75 bits per heavy atom. The van der Waals surface area contributed by atoms with Crippen LogP contribution in [0, 0.1) is 11.6 Å². The molecule has 0 saturated carbocycles. The van der Waals surface area contributed by atoms with Crippen molar-refractivity contribution in [2.75, 3.05) is 18.8 Å². The first kappa shape index (κ1) is 21.3. The number of ether oxygens (including phenoxy) is 1. The van der Waals surface area contributed by atoms with E-state index in [9.17, 15) is 26.8 Å². The van der Waals surface area contributed by atoms with Gasteiger partial charge < -0.3 is 9.64 Å². The van der Waals surface area contributed by atoms with E-state index in [1.807, 2.05) is 0 Å². The Morgan fingerprint density at radius 1 is 1.07 bits per heavy atom. The van der Waals surface area contributed by atoms with Crippen LogP contribution in [0.3, 0.4) is 0 Å². The van der Waals surface area contributed by atoms with Gasteiger partial charge in [-0.05, 0) is 43.3 Å². The van der Waals surface area contributed by atoms with Gasteiger partial charge in [-0.25, -0.2) is 22.0 Å². The van der Waals surface area contributed by atoms with Crippen molar-refractivity contribution in [3.8, 4) is 0 Å². The number of anilines is 1. The summed E-state index contributed by atoms with van der Waals surface area (Å²) in [5.41, 5.74) is 0.00895. The molecule has 0 heterocycles. The molecule has 0 aliphatic carbocycles. The first-order valence-electron chi connectivity index (χ1n) is 8.01. The second-order valence-electron chi connectivity index (χ2n) is 6.04. The van der Waals surface area contributed by atoms with Crippen LogP contribution in [0.5, 0.6) is 0 Å². The summed E-state index contributed by atoms with van der Waals surface area (Å²) in [6.07, 6.45) is -1.02. The number of nitrogens with one attached hydrogen (secondary N) is 1. The number of rotatable bonds is 6. The Bertz CT molecular complexity index is 1010. The number of benzene rings is 2. The molecular formula is C18H18F2N2O5S. The number of sulfonamides is 1. The molecule has 2 aromatic carbocycles. The van der Waals surface area contributed by atoms with Gasteiger partial charge >= 0.3 is 5.97 Å². The van der Waals surface area contributed by atoms with Crippen LogP contribution in [-0.4, -0.2) is 45.4 Å². The van der Waals surface area contributed by atoms with Gasteiger partial charge in [-0.2, -0.15) is 0 Å². The lowest BCUT2D eigenvalue weighted by Gasteiger charge is -2.17. The summed E-state index contributed by atoms with van der Waals surface area (Å²) in [5.74, 6) is -3.72. The van der Waals surface area contributed by atoms with E-state index in [4.69, 9.17) is 4.74 Å². The zero-order valence-electron chi connectivity index (χ0n) is 15.3. The van der Waals surface area contributed by atoms with Crippen LogP contribution in [-0.2, 0) is 19.6 Å². The lowest BCUT2D eigenvalue weighted by Crippen LogP contribution is -2.34. The second-order valence-corrected chi connectivity index (χ2v) is 7.72. The number of amides is 1. The minimum absolute atomic E-state index is 0.00360. The van der Waals surface area contributed by atoms with Crippen LogP contribution in [0.1, 0.15) is 17.3 Å². The van der Waals surface area contributed by atoms with E-state index in [0.717, 1.165) is 6.07 Å². The first-order valence-corrected chi connectivity index (χ1v) is 9.49. The molecule has 0 radical (unpaired) electrons. The normalized spacial score (nSPS) is 12.2. The van der Waals surface area contributed by atoms with Crippen LogP contribution in [0.2, 0.25) is 0 Å². The van der Waals surface area contributed by atoms with Gasteiger partial charge in [0.2, 0.25) is 0 Å². The van der Waals surface area contributed by atoms with Gasteiger partial charge in [0.05, 0.1) is 10.5 Å². The molecule has 0 spiro atoms. The molecule has 0 saturated heterocycles. The van der Waals surface area contributed by atoms with Crippen LogP contribution in [0.25, 0.3) is 0 Å². The van der Waals surface area contributed by atoms with Gasteiger partial charge in [-0.15, -0.1) is 0 Å². The number of carbonyl (C=O) groups is 2. The largest absolute Gasteiger partial charge is 0.449 e. The molecule has 1 amide bonds. The maximum absolute atomic E-state index is 13.3. The maximum Gasteiger partial charge on any atom is 0.338 e. The summed E-state index contributed by atoms with van der Waals surface area (Å²) in [7, 11) is -1.18. The summed E-state index contributed by atoms with van der Waals surface area (Å²) in [6.45, 7) is 1.41. The number of halogens is 2. The summed E-state index contributed by atoms with van der Waals surface area (Å²) in [5, 5.41) is 0. The lowest BCUT2D eigenvalue weighted by atomic mass is 10.2. The second kappa shape index (κ2) is 8.34. The number of nitrogens with zero attached hydrogens (tertiary/aromatic N) is 1. The average molecular weight is 412 g/mol. The minimum Gasteiger partial charge on any atom is -0.449 e. The molecule has 1 atom stereocenters. The zero-order chi connectivity index (χ0) is 21.1. The van der Waals surface area contributed by atoms with Crippen molar-refractivity contribution < 1.29 is 31.5 Å². The number of hydrogen-bond acceptors (Lipinski definition) is 5. The summed E-state index contributed by atoms with van der Waals surface area (Å²) < 4.78 is 58.2. The first-order chi connectivity index (χ1) is 13.0. The molecule has 0 fully saturated rings. The molecule has 10 heteroatoms. The van der Waals surface area contributed by atoms with E-state index < -0.39 is 44.5 Å². The molecule has 0 unspecified atom stereocenters. The predicted molar refractivity (Wildman–Crippen MR) is 97.2 cm³/mol. The Morgan fingerprint density at radius 3 is 2.36 bits per heavy atom. The zero-order valence-corrected chi connectivity index (χ0v) is 16.1. The van der Waals surface area contributed by atoms with Gasteiger partial charge in [0.1, 0.15) is 0 Å². The monoisotopic (exact) mass is 412 g/mol. The Balaban J connectivity index is 2.19. The van der Waals surface area contributed by atoms with E-state index in [1.165, 1.54) is 50.2 Å².